The Bertz CT molecular complexity index is 527. The maximum Gasteiger partial charge on any atom is 0.0844 e. The summed E-state index contributed by atoms with van der Waals surface area (Å²) in [5.41, 5.74) is 1.09. The molecular formula is C10H5BrINS. The van der Waals surface area contributed by atoms with Gasteiger partial charge in [-0.2, -0.15) is 5.26 Å². The largest absolute Gasteiger partial charge is 0.198 e. The molecule has 1 aromatic heterocycles. The third-order valence-corrected chi connectivity index (χ3v) is 6.00. The van der Waals surface area contributed by atoms with E-state index in [1.807, 2.05) is 6.07 Å². The molecule has 14 heavy (non-hydrogen) atoms. The summed E-state index contributed by atoms with van der Waals surface area (Å²) in [6.45, 7) is 0. The molecule has 1 nitrogen and oxygen atoms in total. The van der Waals surface area contributed by atoms with Crippen molar-refractivity contribution < 1.29 is 0 Å². The van der Waals surface area contributed by atoms with Crippen molar-refractivity contribution in [1.82, 2.24) is 0 Å². The maximum atomic E-state index is 8.61. The van der Waals surface area contributed by atoms with E-state index < -0.39 is 0 Å². The molecule has 0 saturated heterocycles. The van der Waals surface area contributed by atoms with E-state index in [1.165, 1.54) is 17.4 Å². The van der Waals surface area contributed by atoms with Crippen molar-refractivity contribution in [2.24, 2.45) is 0 Å². The van der Waals surface area contributed by atoms with E-state index in [9.17, 15) is 0 Å². The van der Waals surface area contributed by atoms with E-state index in [0.29, 0.717) is 6.42 Å². The number of hydrogen-bond donors (Lipinski definition) is 0. The molecule has 0 spiro atoms. The van der Waals surface area contributed by atoms with Crippen LogP contribution in [0, 0.1) is 14.9 Å². The Morgan fingerprint density at radius 1 is 1.50 bits per heavy atom. The molecule has 0 bridgehead atoms. The number of halogens is 2. The molecule has 0 atom stereocenters. The fourth-order valence-electron chi connectivity index (χ4n) is 1.29. The second-order valence-electron chi connectivity index (χ2n) is 2.86. The maximum absolute atomic E-state index is 8.61. The Balaban J connectivity index is 2.65. The summed E-state index contributed by atoms with van der Waals surface area (Å²) in [5, 5.41) is 9.85. The van der Waals surface area contributed by atoms with Crippen LogP contribution in [0.4, 0.5) is 0 Å². The van der Waals surface area contributed by atoms with Gasteiger partial charge < -0.3 is 0 Å². The Kier molecular flexibility index (Phi) is 3.10. The molecule has 0 radical (unpaired) electrons. The lowest BCUT2D eigenvalue weighted by Crippen LogP contribution is -1.79. The Morgan fingerprint density at radius 3 is 3.00 bits per heavy atom. The molecule has 70 valence electrons. The Labute approximate surface area is 108 Å². The minimum Gasteiger partial charge on any atom is -0.198 e. The van der Waals surface area contributed by atoms with Gasteiger partial charge in [-0.3, -0.25) is 0 Å². The summed E-state index contributed by atoms with van der Waals surface area (Å²) in [5.74, 6) is 0. The Hall–Kier alpha value is -0.120. The van der Waals surface area contributed by atoms with Gasteiger partial charge >= 0.3 is 0 Å². The zero-order valence-electron chi connectivity index (χ0n) is 7.05. The van der Waals surface area contributed by atoms with Crippen LogP contribution in [0.15, 0.2) is 22.0 Å². The van der Waals surface area contributed by atoms with Crippen molar-refractivity contribution in [2.45, 2.75) is 6.42 Å². The average molecular weight is 378 g/mol. The van der Waals surface area contributed by atoms with Gasteiger partial charge in [-0.05, 0) is 56.2 Å². The molecule has 0 amide bonds. The predicted molar refractivity (Wildman–Crippen MR) is 71.6 cm³/mol. The fourth-order valence-corrected chi connectivity index (χ4v) is 3.78. The number of nitrogens with zero attached hydrogens (tertiary/aromatic N) is 1. The van der Waals surface area contributed by atoms with Gasteiger partial charge in [0.2, 0.25) is 0 Å². The first-order chi connectivity index (χ1) is 6.72. The number of thiophene rings is 1. The van der Waals surface area contributed by atoms with Gasteiger partial charge in [-0.15, -0.1) is 11.3 Å². The number of benzene rings is 1. The second kappa shape index (κ2) is 4.17. The summed E-state index contributed by atoms with van der Waals surface area (Å²) in [6, 6.07) is 8.36. The van der Waals surface area contributed by atoms with Crippen molar-refractivity contribution >= 4 is 59.9 Å². The van der Waals surface area contributed by atoms with Crippen LogP contribution < -0.4 is 0 Å². The third kappa shape index (κ3) is 1.81. The van der Waals surface area contributed by atoms with Crippen molar-refractivity contribution in [1.29, 1.82) is 5.26 Å². The van der Waals surface area contributed by atoms with Crippen LogP contribution in [0.25, 0.3) is 10.1 Å². The predicted octanol–water partition coefficient (Wildman–Crippen LogP) is 4.33. The Morgan fingerprint density at radius 2 is 2.29 bits per heavy atom. The van der Waals surface area contributed by atoms with Crippen LogP contribution in [-0.2, 0) is 6.42 Å². The lowest BCUT2D eigenvalue weighted by atomic mass is 10.1. The van der Waals surface area contributed by atoms with Gasteiger partial charge in [0, 0.05) is 13.7 Å². The molecule has 0 aliphatic heterocycles. The first-order valence-corrected chi connectivity index (χ1v) is 6.64. The van der Waals surface area contributed by atoms with Gasteiger partial charge in [-0.25, -0.2) is 0 Å². The monoisotopic (exact) mass is 377 g/mol. The van der Waals surface area contributed by atoms with E-state index in [0.717, 1.165) is 5.56 Å². The number of hydrogen-bond acceptors (Lipinski definition) is 2. The molecule has 2 aromatic rings. The highest BCUT2D eigenvalue weighted by atomic mass is 127. The third-order valence-electron chi connectivity index (χ3n) is 1.94. The van der Waals surface area contributed by atoms with Crippen LogP contribution in [0.5, 0.6) is 0 Å². The van der Waals surface area contributed by atoms with Gasteiger partial charge in [0.05, 0.1) is 16.3 Å². The van der Waals surface area contributed by atoms with Crippen molar-refractivity contribution in [2.75, 3.05) is 0 Å². The number of fused-ring (bicyclic) bond motifs is 1. The van der Waals surface area contributed by atoms with E-state index in [1.54, 1.807) is 11.3 Å². The lowest BCUT2D eigenvalue weighted by Gasteiger charge is -1.95. The highest BCUT2D eigenvalue weighted by Gasteiger charge is 2.07. The highest BCUT2D eigenvalue weighted by Crippen LogP contribution is 2.36. The standard InChI is InChI=1S/C10H5BrINS/c11-10-9(12)7-5-6(3-4-13)1-2-8(7)14-10/h1-2,5H,3H2. The quantitative estimate of drug-likeness (QED) is 0.678. The molecule has 4 heteroatoms. The SMILES string of the molecule is N#CCc1ccc2sc(Br)c(I)c2c1. The summed E-state index contributed by atoms with van der Waals surface area (Å²) < 4.78 is 3.67. The van der Waals surface area contributed by atoms with E-state index in [2.05, 4.69) is 56.7 Å². The average Bonchev–Trinajstić information content (AvgIpc) is 2.45. The molecule has 0 N–H and O–H groups in total. The fraction of sp³-hybridized carbons (Fsp3) is 0.100. The molecule has 2 rings (SSSR count). The molecule has 0 unspecified atom stereocenters. The van der Waals surface area contributed by atoms with Gasteiger partial charge in [0.1, 0.15) is 0 Å². The lowest BCUT2D eigenvalue weighted by molar-refractivity contribution is 1.27. The first-order valence-electron chi connectivity index (χ1n) is 3.95. The van der Waals surface area contributed by atoms with Crippen molar-refractivity contribution in [3.63, 3.8) is 0 Å². The summed E-state index contributed by atoms with van der Waals surface area (Å²) in [7, 11) is 0. The summed E-state index contributed by atoms with van der Waals surface area (Å²) >= 11 is 7.57. The van der Waals surface area contributed by atoms with Gasteiger partial charge in [0.25, 0.3) is 0 Å². The first kappa shape index (κ1) is 10.4. The minimum absolute atomic E-state index is 0.486. The minimum atomic E-state index is 0.486. The molecule has 0 saturated carbocycles. The second-order valence-corrected chi connectivity index (χ2v) is 6.30. The van der Waals surface area contributed by atoms with Crippen molar-refractivity contribution in [3.05, 3.63) is 31.1 Å². The zero-order valence-corrected chi connectivity index (χ0v) is 11.6. The van der Waals surface area contributed by atoms with E-state index in [4.69, 9.17) is 5.26 Å². The molecule has 0 fully saturated rings. The topological polar surface area (TPSA) is 23.8 Å². The number of nitriles is 1. The molecular weight excluding hydrogens is 373 g/mol. The van der Waals surface area contributed by atoms with Crippen LogP contribution in [0.2, 0.25) is 0 Å². The highest BCUT2D eigenvalue weighted by molar-refractivity contribution is 14.1. The van der Waals surface area contributed by atoms with Gasteiger partial charge in [0.15, 0.2) is 0 Å². The van der Waals surface area contributed by atoms with Crippen LogP contribution >= 0.6 is 49.9 Å². The molecule has 0 aliphatic carbocycles. The molecule has 1 aromatic carbocycles. The summed E-state index contributed by atoms with van der Waals surface area (Å²) in [4.78, 5) is 0. The van der Waals surface area contributed by atoms with E-state index in [-0.39, 0.29) is 0 Å². The smallest absolute Gasteiger partial charge is 0.0844 e. The normalized spacial score (nSPS) is 10.4. The van der Waals surface area contributed by atoms with Crippen molar-refractivity contribution in [3.8, 4) is 6.07 Å². The number of rotatable bonds is 1. The van der Waals surface area contributed by atoms with Crippen LogP contribution in [-0.4, -0.2) is 0 Å². The van der Waals surface area contributed by atoms with Gasteiger partial charge in [-0.1, -0.05) is 6.07 Å². The van der Waals surface area contributed by atoms with Crippen LogP contribution in [0.1, 0.15) is 5.56 Å². The molecule has 0 aliphatic rings. The zero-order chi connectivity index (χ0) is 10.1. The summed E-state index contributed by atoms with van der Waals surface area (Å²) in [6.07, 6.45) is 0.486. The molecule has 1 heterocycles. The van der Waals surface area contributed by atoms with E-state index >= 15 is 0 Å². The van der Waals surface area contributed by atoms with Crippen LogP contribution in [0.3, 0.4) is 0 Å².